The minimum Gasteiger partial charge on any atom is -0.466 e. The third-order valence-corrected chi connectivity index (χ3v) is 3.16. The molecule has 114 valence electrons. The number of hydrogen-bond acceptors (Lipinski definition) is 3. The van der Waals surface area contributed by atoms with E-state index in [0.717, 1.165) is 17.1 Å². The molecular weight excluding hydrogens is 256 g/mol. The van der Waals surface area contributed by atoms with E-state index in [2.05, 4.69) is 10.6 Å². The normalized spacial score (nSPS) is 13.1. The SMILES string of the molecule is Cc1cc(CNC(=O)NCC(C)(C)CC(C)O)c(C)o1. The Morgan fingerprint density at radius 3 is 2.55 bits per heavy atom. The van der Waals surface area contributed by atoms with Crippen LogP contribution in [0.4, 0.5) is 4.79 Å². The van der Waals surface area contributed by atoms with E-state index in [0.29, 0.717) is 19.5 Å². The number of aryl methyl sites for hydroxylation is 2. The number of hydrogen-bond donors (Lipinski definition) is 3. The number of rotatable bonds is 6. The van der Waals surface area contributed by atoms with Crippen LogP contribution in [0, 0.1) is 19.3 Å². The summed E-state index contributed by atoms with van der Waals surface area (Å²) in [4.78, 5) is 11.8. The quantitative estimate of drug-likeness (QED) is 0.750. The molecular formula is C15H26N2O3. The minimum atomic E-state index is -0.369. The van der Waals surface area contributed by atoms with Crippen molar-refractivity contribution in [3.8, 4) is 0 Å². The summed E-state index contributed by atoms with van der Waals surface area (Å²) in [5.74, 6) is 1.68. The molecule has 0 aliphatic carbocycles. The number of aliphatic hydroxyl groups excluding tert-OH is 1. The lowest BCUT2D eigenvalue weighted by Gasteiger charge is -2.26. The lowest BCUT2D eigenvalue weighted by Crippen LogP contribution is -2.41. The first-order valence-electron chi connectivity index (χ1n) is 6.95. The van der Waals surface area contributed by atoms with E-state index in [1.54, 1.807) is 6.92 Å². The van der Waals surface area contributed by atoms with Crippen molar-refractivity contribution < 1.29 is 14.3 Å². The highest BCUT2D eigenvalue weighted by atomic mass is 16.3. The molecule has 1 unspecified atom stereocenters. The maximum absolute atomic E-state index is 11.8. The van der Waals surface area contributed by atoms with Gasteiger partial charge in [0.25, 0.3) is 0 Å². The van der Waals surface area contributed by atoms with Crippen molar-refractivity contribution in [3.63, 3.8) is 0 Å². The number of carbonyl (C=O) groups excluding carboxylic acids is 1. The fourth-order valence-electron chi connectivity index (χ4n) is 2.29. The molecule has 0 spiro atoms. The average molecular weight is 282 g/mol. The molecule has 20 heavy (non-hydrogen) atoms. The first-order valence-corrected chi connectivity index (χ1v) is 6.95. The van der Waals surface area contributed by atoms with Crippen LogP contribution in [0.15, 0.2) is 10.5 Å². The largest absolute Gasteiger partial charge is 0.466 e. The van der Waals surface area contributed by atoms with Crippen molar-refractivity contribution in [2.45, 2.75) is 53.7 Å². The molecule has 1 aromatic rings. The van der Waals surface area contributed by atoms with Crippen LogP contribution in [0.1, 0.15) is 44.3 Å². The second-order valence-corrected chi connectivity index (χ2v) is 6.19. The van der Waals surface area contributed by atoms with Gasteiger partial charge in [-0.1, -0.05) is 13.8 Å². The fraction of sp³-hybridized carbons (Fsp3) is 0.667. The van der Waals surface area contributed by atoms with Gasteiger partial charge < -0.3 is 20.2 Å². The van der Waals surface area contributed by atoms with Gasteiger partial charge >= 0.3 is 6.03 Å². The number of furan rings is 1. The molecule has 1 aromatic heterocycles. The second kappa shape index (κ2) is 6.79. The zero-order valence-corrected chi connectivity index (χ0v) is 13.0. The van der Waals surface area contributed by atoms with Gasteiger partial charge in [0.15, 0.2) is 0 Å². The molecule has 0 aliphatic heterocycles. The predicted molar refractivity (Wildman–Crippen MR) is 78.5 cm³/mol. The van der Waals surface area contributed by atoms with Crippen LogP contribution in [0.3, 0.4) is 0 Å². The van der Waals surface area contributed by atoms with Gasteiger partial charge in [0.1, 0.15) is 11.5 Å². The molecule has 1 atom stereocenters. The maximum Gasteiger partial charge on any atom is 0.315 e. The van der Waals surface area contributed by atoms with Crippen LogP contribution in [0.2, 0.25) is 0 Å². The predicted octanol–water partition coefficient (Wildman–Crippen LogP) is 2.49. The Hall–Kier alpha value is -1.49. The lowest BCUT2D eigenvalue weighted by atomic mass is 9.87. The summed E-state index contributed by atoms with van der Waals surface area (Å²) in [5, 5.41) is 15.0. The average Bonchev–Trinajstić information content (AvgIpc) is 2.61. The van der Waals surface area contributed by atoms with Gasteiger partial charge in [-0.05, 0) is 38.7 Å². The summed E-state index contributed by atoms with van der Waals surface area (Å²) in [6.07, 6.45) is 0.277. The first kappa shape index (κ1) is 16.6. The van der Waals surface area contributed by atoms with Crippen molar-refractivity contribution in [1.82, 2.24) is 10.6 Å². The van der Waals surface area contributed by atoms with Crippen LogP contribution in [-0.2, 0) is 6.54 Å². The molecule has 0 aliphatic rings. The van der Waals surface area contributed by atoms with Crippen LogP contribution in [0.25, 0.3) is 0 Å². The number of amides is 2. The van der Waals surface area contributed by atoms with Crippen LogP contribution in [0.5, 0.6) is 0 Å². The van der Waals surface area contributed by atoms with Crippen LogP contribution in [-0.4, -0.2) is 23.8 Å². The van der Waals surface area contributed by atoms with E-state index in [4.69, 9.17) is 4.42 Å². The first-order chi connectivity index (χ1) is 9.19. The third-order valence-electron chi connectivity index (χ3n) is 3.16. The topological polar surface area (TPSA) is 74.5 Å². The van der Waals surface area contributed by atoms with Crippen LogP contribution < -0.4 is 10.6 Å². The van der Waals surface area contributed by atoms with Crippen molar-refractivity contribution in [2.24, 2.45) is 5.41 Å². The summed E-state index contributed by atoms with van der Waals surface area (Å²) >= 11 is 0. The summed E-state index contributed by atoms with van der Waals surface area (Å²) in [7, 11) is 0. The smallest absolute Gasteiger partial charge is 0.315 e. The molecule has 2 amide bonds. The number of nitrogens with one attached hydrogen (secondary N) is 2. The zero-order chi connectivity index (χ0) is 15.3. The standard InChI is InChI=1S/C15H26N2O3/c1-10(18)7-15(4,5)9-17-14(19)16-8-13-6-11(2)20-12(13)3/h6,10,18H,7-9H2,1-5H3,(H2,16,17,19). The van der Waals surface area contributed by atoms with Gasteiger partial charge in [0.05, 0.1) is 6.10 Å². The van der Waals surface area contributed by atoms with Gasteiger partial charge in [-0.3, -0.25) is 0 Å². The van der Waals surface area contributed by atoms with Crippen molar-refractivity contribution >= 4 is 6.03 Å². The maximum atomic E-state index is 11.8. The van der Waals surface area contributed by atoms with E-state index in [1.165, 1.54) is 0 Å². The fourth-order valence-corrected chi connectivity index (χ4v) is 2.29. The molecule has 1 rings (SSSR count). The molecule has 5 nitrogen and oxygen atoms in total. The van der Waals surface area contributed by atoms with Crippen LogP contribution >= 0.6 is 0 Å². The molecule has 0 bridgehead atoms. The summed E-state index contributed by atoms with van der Waals surface area (Å²) in [5.41, 5.74) is 0.856. The zero-order valence-electron chi connectivity index (χ0n) is 13.0. The Kier molecular flexibility index (Phi) is 5.62. The van der Waals surface area contributed by atoms with Gasteiger partial charge in [-0.25, -0.2) is 4.79 Å². The molecule has 5 heteroatoms. The Balaban J connectivity index is 2.35. The third kappa shape index (κ3) is 5.65. The number of aliphatic hydroxyl groups is 1. The molecule has 0 saturated carbocycles. The van der Waals surface area contributed by atoms with E-state index in [1.807, 2.05) is 33.8 Å². The van der Waals surface area contributed by atoms with E-state index < -0.39 is 0 Å². The highest BCUT2D eigenvalue weighted by Gasteiger charge is 2.21. The van der Waals surface area contributed by atoms with Crippen molar-refractivity contribution in [2.75, 3.05) is 6.54 Å². The van der Waals surface area contributed by atoms with Crippen molar-refractivity contribution in [3.05, 3.63) is 23.2 Å². The highest BCUT2D eigenvalue weighted by Crippen LogP contribution is 2.21. The highest BCUT2D eigenvalue weighted by molar-refractivity contribution is 5.73. The number of carbonyl (C=O) groups is 1. The van der Waals surface area contributed by atoms with Gasteiger partial charge in [0.2, 0.25) is 0 Å². The van der Waals surface area contributed by atoms with Gasteiger partial charge in [0, 0.05) is 18.7 Å². The van der Waals surface area contributed by atoms with Gasteiger partial charge in [-0.15, -0.1) is 0 Å². The van der Waals surface area contributed by atoms with E-state index in [-0.39, 0.29) is 17.6 Å². The lowest BCUT2D eigenvalue weighted by molar-refractivity contribution is 0.129. The monoisotopic (exact) mass is 282 g/mol. The summed E-state index contributed by atoms with van der Waals surface area (Å²) in [6.45, 7) is 10.5. The second-order valence-electron chi connectivity index (χ2n) is 6.19. The molecule has 0 saturated heterocycles. The summed E-state index contributed by atoms with van der Waals surface area (Å²) < 4.78 is 5.41. The molecule has 3 N–H and O–H groups in total. The van der Waals surface area contributed by atoms with Crippen molar-refractivity contribution in [1.29, 1.82) is 0 Å². The molecule has 1 heterocycles. The molecule has 0 aromatic carbocycles. The summed E-state index contributed by atoms with van der Waals surface area (Å²) in [6, 6.07) is 1.72. The van der Waals surface area contributed by atoms with E-state index >= 15 is 0 Å². The Morgan fingerprint density at radius 1 is 1.40 bits per heavy atom. The Morgan fingerprint density at radius 2 is 2.05 bits per heavy atom. The molecule has 0 fully saturated rings. The minimum absolute atomic E-state index is 0.131. The Labute approximate surface area is 120 Å². The van der Waals surface area contributed by atoms with Gasteiger partial charge in [-0.2, -0.15) is 0 Å². The molecule has 0 radical (unpaired) electrons. The van der Waals surface area contributed by atoms with E-state index in [9.17, 15) is 9.90 Å². The number of urea groups is 1. The Bertz CT molecular complexity index is 450.